The standard InChI is InChI=1S/C41H37N3O7/c1-44(2)35-29-20-27-19-28-32(30(49-22-24-13-7-4-8-14-24)21-42-34(28)26-17-11-6-12-18-26)36(45)31(27)38(46)41(29,48-3)39(47)33-37(35)51-43-40(33)50-23-25-15-9-5-10-16-25/h4-18,21,27,29,31,35H,19-20,22-23H2,1-3H3. The number of carbonyl (C=O) groups is 3. The summed E-state index contributed by atoms with van der Waals surface area (Å²) >= 11 is 0. The minimum Gasteiger partial charge on any atom is -0.487 e. The highest BCUT2D eigenvalue weighted by molar-refractivity contribution is 6.27. The number of rotatable bonds is 9. The van der Waals surface area contributed by atoms with Crippen molar-refractivity contribution in [1.82, 2.24) is 15.0 Å². The van der Waals surface area contributed by atoms with Crippen molar-refractivity contribution in [3.05, 3.63) is 131 Å². The number of ether oxygens (including phenoxy) is 3. The van der Waals surface area contributed by atoms with Gasteiger partial charge in [-0.1, -0.05) is 91.0 Å². The summed E-state index contributed by atoms with van der Waals surface area (Å²) in [5.41, 5.74) is 2.48. The lowest BCUT2D eigenvalue weighted by atomic mass is 9.54. The summed E-state index contributed by atoms with van der Waals surface area (Å²) in [7, 11) is 5.10. The van der Waals surface area contributed by atoms with Gasteiger partial charge in [-0.2, -0.15) is 0 Å². The molecule has 258 valence electrons. The molecule has 3 aliphatic rings. The van der Waals surface area contributed by atoms with Gasteiger partial charge in [0.15, 0.2) is 22.9 Å². The number of fused-ring (bicyclic) bond motifs is 4. The van der Waals surface area contributed by atoms with Gasteiger partial charge >= 0.3 is 0 Å². The first-order chi connectivity index (χ1) is 24.8. The van der Waals surface area contributed by atoms with Crippen LogP contribution in [0.3, 0.4) is 0 Å². The van der Waals surface area contributed by atoms with E-state index >= 15 is 4.79 Å². The van der Waals surface area contributed by atoms with Gasteiger partial charge in [0.05, 0.1) is 29.4 Å². The van der Waals surface area contributed by atoms with Crippen molar-refractivity contribution in [1.29, 1.82) is 0 Å². The lowest BCUT2D eigenvalue weighted by molar-refractivity contribution is -0.159. The van der Waals surface area contributed by atoms with Crippen LogP contribution in [-0.4, -0.2) is 59.2 Å². The van der Waals surface area contributed by atoms with Gasteiger partial charge in [-0.25, -0.2) is 0 Å². The van der Waals surface area contributed by atoms with Crippen molar-refractivity contribution in [2.45, 2.75) is 37.7 Å². The largest absolute Gasteiger partial charge is 0.487 e. The lowest BCUT2D eigenvalue weighted by Crippen LogP contribution is -2.67. The zero-order valence-electron chi connectivity index (χ0n) is 28.6. The van der Waals surface area contributed by atoms with Crippen LogP contribution in [0.4, 0.5) is 0 Å². The van der Waals surface area contributed by atoms with Crippen LogP contribution in [0.15, 0.2) is 102 Å². The second-order valence-corrected chi connectivity index (χ2v) is 13.7. The van der Waals surface area contributed by atoms with E-state index < -0.39 is 46.7 Å². The van der Waals surface area contributed by atoms with Gasteiger partial charge < -0.3 is 18.7 Å². The van der Waals surface area contributed by atoms with Gasteiger partial charge in [-0.3, -0.25) is 24.3 Å². The van der Waals surface area contributed by atoms with E-state index in [9.17, 15) is 9.59 Å². The minimum absolute atomic E-state index is 0.00834. The zero-order valence-corrected chi connectivity index (χ0v) is 28.6. The van der Waals surface area contributed by atoms with Crippen molar-refractivity contribution in [3.63, 3.8) is 0 Å². The molecule has 0 bridgehead atoms. The molecule has 3 aromatic carbocycles. The summed E-state index contributed by atoms with van der Waals surface area (Å²) in [6, 6.07) is 28.3. The molecule has 5 atom stereocenters. The first-order valence-corrected chi connectivity index (χ1v) is 17.1. The molecule has 5 unspecified atom stereocenters. The molecule has 10 nitrogen and oxygen atoms in total. The molecule has 1 saturated carbocycles. The average Bonchev–Trinajstić information content (AvgIpc) is 3.57. The van der Waals surface area contributed by atoms with E-state index in [0.29, 0.717) is 35.6 Å². The number of carbonyl (C=O) groups excluding carboxylic acids is 3. The Morgan fingerprint density at radius 1 is 0.843 bits per heavy atom. The Morgan fingerprint density at radius 3 is 2.10 bits per heavy atom. The summed E-state index contributed by atoms with van der Waals surface area (Å²) in [6.45, 7) is 0.352. The van der Waals surface area contributed by atoms with Crippen LogP contribution >= 0.6 is 0 Å². The number of benzene rings is 3. The molecular formula is C41H37N3O7. The third-order valence-electron chi connectivity index (χ3n) is 10.6. The Morgan fingerprint density at radius 2 is 1.47 bits per heavy atom. The fraction of sp³-hybridized carbons (Fsp3) is 0.293. The fourth-order valence-corrected chi connectivity index (χ4v) is 8.36. The van der Waals surface area contributed by atoms with Crippen molar-refractivity contribution in [2.75, 3.05) is 21.2 Å². The molecule has 0 spiro atoms. The van der Waals surface area contributed by atoms with Crippen LogP contribution in [0.2, 0.25) is 0 Å². The first-order valence-electron chi connectivity index (χ1n) is 17.1. The minimum atomic E-state index is -1.97. The Bertz CT molecular complexity index is 2120. The van der Waals surface area contributed by atoms with Gasteiger partial charge in [-0.15, -0.1) is 0 Å². The normalized spacial score (nSPS) is 23.6. The molecule has 2 aromatic heterocycles. The molecule has 0 amide bonds. The third kappa shape index (κ3) is 5.28. The number of ketones is 3. The van der Waals surface area contributed by atoms with Crippen LogP contribution in [0.5, 0.6) is 11.6 Å². The average molecular weight is 684 g/mol. The van der Waals surface area contributed by atoms with Crippen molar-refractivity contribution in [2.24, 2.45) is 17.8 Å². The zero-order chi connectivity index (χ0) is 35.3. The summed E-state index contributed by atoms with van der Waals surface area (Å²) in [5.74, 6) is -3.17. The van der Waals surface area contributed by atoms with Gasteiger partial charge in [0.1, 0.15) is 24.5 Å². The monoisotopic (exact) mass is 683 g/mol. The number of hydrogen-bond acceptors (Lipinski definition) is 10. The smallest absolute Gasteiger partial charge is 0.265 e. The molecule has 8 rings (SSSR count). The number of aromatic nitrogens is 2. The molecule has 3 aliphatic carbocycles. The van der Waals surface area contributed by atoms with Crippen LogP contribution in [0, 0.1) is 17.8 Å². The molecule has 2 heterocycles. The predicted octanol–water partition coefficient (Wildman–Crippen LogP) is 6.34. The van der Waals surface area contributed by atoms with E-state index in [2.05, 4.69) is 5.16 Å². The Kier molecular flexibility index (Phi) is 8.36. The molecule has 1 fully saturated rings. The molecule has 0 radical (unpaired) electrons. The number of hydrogen-bond donors (Lipinski definition) is 0. The summed E-state index contributed by atoms with van der Waals surface area (Å²) in [5, 5.41) is 4.18. The first kappa shape index (κ1) is 32.7. The molecule has 51 heavy (non-hydrogen) atoms. The topological polar surface area (TPSA) is 121 Å². The molecule has 0 saturated heterocycles. The molecule has 0 aliphatic heterocycles. The molecular weight excluding hydrogens is 646 g/mol. The Balaban J connectivity index is 1.22. The lowest BCUT2D eigenvalue weighted by Gasteiger charge is -2.52. The highest BCUT2D eigenvalue weighted by atomic mass is 16.5. The van der Waals surface area contributed by atoms with E-state index in [-0.39, 0.29) is 24.7 Å². The van der Waals surface area contributed by atoms with Crippen molar-refractivity contribution in [3.8, 4) is 22.9 Å². The van der Waals surface area contributed by atoms with Crippen molar-refractivity contribution >= 4 is 17.3 Å². The second-order valence-electron chi connectivity index (χ2n) is 13.7. The maximum absolute atomic E-state index is 15.1. The number of nitrogens with zero attached hydrogens (tertiary/aromatic N) is 3. The summed E-state index contributed by atoms with van der Waals surface area (Å²) in [6.07, 6.45) is 2.29. The van der Waals surface area contributed by atoms with Crippen LogP contribution in [0.25, 0.3) is 11.3 Å². The van der Waals surface area contributed by atoms with E-state index in [4.69, 9.17) is 23.7 Å². The van der Waals surface area contributed by atoms with Crippen LogP contribution in [0.1, 0.15) is 55.6 Å². The van der Waals surface area contributed by atoms with E-state index in [1.54, 1.807) is 6.20 Å². The maximum Gasteiger partial charge on any atom is 0.265 e. The van der Waals surface area contributed by atoms with Gasteiger partial charge in [0, 0.05) is 18.6 Å². The molecule has 5 aromatic rings. The predicted molar refractivity (Wildman–Crippen MR) is 186 cm³/mol. The fourth-order valence-electron chi connectivity index (χ4n) is 8.36. The van der Waals surface area contributed by atoms with Crippen molar-refractivity contribution < 1.29 is 33.1 Å². The highest BCUT2D eigenvalue weighted by Gasteiger charge is 2.68. The number of pyridine rings is 1. The highest BCUT2D eigenvalue weighted by Crippen LogP contribution is 2.57. The quantitative estimate of drug-likeness (QED) is 0.163. The van der Waals surface area contributed by atoms with E-state index in [1.807, 2.05) is 110 Å². The maximum atomic E-state index is 15.1. The Hall–Kier alpha value is -5.45. The van der Waals surface area contributed by atoms with E-state index in [1.165, 1.54) is 7.11 Å². The van der Waals surface area contributed by atoms with Gasteiger partial charge in [0.2, 0.25) is 5.78 Å². The number of methoxy groups -OCH3 is 1. The van der Waals surface area contributed by atoms with Crippen LogP contribution < -0.4 is 9.47 Å². The number of Topliss-reactive ketones (excluding diaryl/α,β-unsaturated/α-hetero) is 3. The van der Waals surface area contributed by atoms with Gasteiger partial charge in [-0.05, 0) is 54.7 Å². The molecule has 0 N–H and O–H groups in total. The van der Waals surface area contributed by atoms with Gasteiger partial charge in [0.25, 0.3) is 5.88 Å². The second kappa shape index (κ2) is 13.0. The Labute approximate surface area is 295 Å². The SMILES string of the molecule is COC12C(=O)c3c(OCc4ccccc4)noc3C(N(C)C)C1CC1Cc3c(-c4ccccc4)ncc(OCc4ccccc4)c3C(=O)C1C2=O. The van der Waals surface area contributed by atoms with Crippen LogP contribution in [-0.2, 0) is 29.2 Å². The summed E-state index contributed by atoms with van der Waals surface area (Å²) < 4.78 is 24.3. The third-order valence-corrected chi connectivity index (χ3v) is 10.6. The molecule has 10 heteroatoms. The summed E-state index contributed by atoms with van der Waals surface area (Å²) in [4.78, 5) is 51.5. The van der Waals surface area contributed by atoms with E-state index in [0.717, 1.165) is 22.3 Å².